The van der Waals surface area contributed by atoms with Crippen molar-refractivity contribution >= 4 is 23.1 Å². The van der Waals surface area contributed by atoms with Gasteiger partial charge in [0.15, 0.2) is 11.5 Å². The van der Waals surface area contributed by atoms with E-state index in [1.54, 1.807) is 51.0 Å². The highest BCUT2D eigenvalue weighted by atomic mass is 32.1. The van der Waals surface area contributed by atoms with Gasteiger partial charge in [0.1, 0.15) is 6.10 Å². The van der Waals surface area contributed by atoms with Gasteiger partial charge in [-0.3, -0.25) is 4.90 Å². The number of aromatic nitrogens is 1. The Balaban J connectivity index is 1.26. The summed E-state index contributed by atoms with van der Waals surface area (Å²) >= 11 is 1.54. The van der Waals surface area contributed by atoms with Crippen molar-refractivity contribution < 1.29 is 23.7 Å². The Labute approximate surface area is 198 Å². The monoisotopic (exact) mass is 476 g/mol. The van der Waals surface area contributed by atoms with Crippen molar-refractivity contribution in [3.63, 3.8) is 0 Å². The van der Waals surface area contributed by atoms with Crippen LogP contribution < -0.4 is 24.3 Å². The maximum absolute atomic E-state index is 12.9. The Bertz CT molecular complexity index is 885. The number of nitrogens with one attached hydrogen (secondary N) is 1. The number of amides is 2. The Kier molecular flexibility index (Phi) is 7.77. The minimum atomic E-state index is -0.113. The van der Waals surface area contributed by atoms with Gasteiger partial charge in [0.25, 0.3) is 5.19 Å². The molecule has 0 bridgehead atoms. The van der Waals surface area contributed by atoms with Crippen LogP contribution in [0.15, 0.2) is 23.7 Å². The molecule has 2 amide bonds. The van der Waals surface area contributed by atoms with Gasteiger partial charge in [0.05, 0.1) is 27.0 Å². The zero-order valence-electron chi connectivity index (χ0n) is 19.4. The molecule has 2 aromatic rings. The summed E-state index contributed by atoms with van der Waals surface area (Å²) < 4.78 is 22.1. The number of methoxy groups -OCH3 is 3. The van der Waals surface area contributed by atoms with E-state index in [0.717, 1.165) is 57.1 Å². The lowest BCUT2D eigenvalue weighted by Gasteiger charge is -2.41. The van der Waals surface area contributed by atoms with Crippen LogP contribution in [-0.4, -0.2) is 80.5 Å². The number of nitrogens with zero attached hydrogens (tertiary/aromatic N) is 3. The molecule has 0 unspecified atom stereocenters. The molecule has 0 saturated carbocycles. The second-order valence-corrected chi connectivity index (χ2v) is 9.07. The molecule has 0 atom stereocenters. The summed E-state index contributed by atoms with van der Waals surface area (Å²) in [5.41, 5.74) is 0.610. The molecule has 2 aliphatic rings. The molecule has 0 radical (unpaired) electrons. The van der Waals surface area contributed by atoms with Gasteiger partial charge in [-0.2, -0.15) is 0 Å². The number of urea groups is 1. The van der Waals surface area contributed by atoms with Crippen molar-refractivity contribution in [2.45, 2.75) is 37.8 Å². The van der Waals surface area contributed by atoms with Crippen LogP contribution in [0, 0.1) is 0 Å². The lowest BCUT2D eigenvalue weighted by atomic mass is 9.99. The van der Waals surface area contributed by atoms with Crippen molar-refractivity contribution in [2.24, 2.45) is 0 Å². The summed E-state index contributed by atoms with van der Waals surface area (Å²) in [6.07, 6.45) is 6.00. The fraction of sp³-hybridized carbons (Fsp3) is 0.565. The summed E-state index contributed by atoms with van der Waals surface area (Å²) in [5, 5.41) is 5.67. The Morgan fingerprint density at radius 3 is 2.21 bits per heavy atom. The lowest BCUT2D eigenvalue weighted by molar-refractivity contribution is 0.0544. The molecule has 1 aromatic heterocycles. The number of benzene rings is 1. The van der Waals surface area contributed by atoms with Crippen molar-refractivity contribution in [3.8, 4) is 22.4 Å². The number of carbonyl (C=O) groups excluding carboxylic acids is 1. The quantitative estimate of drug-likeness (QED) is 0.652. The largest absolute Gasteiger partial charge is 0.493 e. The number of piperidine rings is 2. The normalized spacial score (nSPS) is 18.1. The van der Waals surface area contributed by atoms with E-state index in [-0.39, 0.29) is 12.1 Å². The molecule has 0 spiro atoms. The van der Waals surface area contributed by atoms with Crippen LogP contribution in [0.5, 0.6) is 22.4 Å². The third-order valence-electron chi connectivity index (χ3n) is 6.34. The molecule has 9 nitrogen and oxygen atoms in total. The van der Waals surface area contributed by atoms with Crippen LogP contribution in [0.25, 0.3) is 0 Å². The molecule has 2 fully saturated rings. The van der Waals surface area contributed by atoms with Crippen LogP contribution >= 0.6 is 11.3 Å². The van der Waals surface area contributed by atoms with Gasteiger partial charge in [-0.1, -0.05) is 11.3 Å². The fourth-order valence-electron chi connectivity index (χ4n) is 4.56. The third-order valence-corrected chi connectivity index (χ3v) is 7.00. The minimum Gasteiger partial charge on any atom is -0.493 e. The van der Waals surface area contributed by atoms with Crippen LogP contribution in [0.3, 0.4) is 0 Å². The van der Waals surface area contributed by atoms with Crippen molar-refractivity contribution in [3.05, 3.63) is 23.7 Å². The van der Waals surface area contributed by atoms with Gasteiger partial charge in [-0.25, -0.2) is 9.78 Å². The molecular formula is C23H32N4O5S. The molecule has 1 N–H and O–H groups in total. The van der Waals surface area contributed by atoms with Gasteiger partial charge < -0.3 is 29.2 Å². The maximum Gasteiger partial charge on any atom is 0.321 e. The van der Waals surface area contributed by atoms with Crippen LogP contribution in [-0.2, 0) is 0 Å². The maximum atomic E-state index is 12.9. The number of thiazole rings is 1. The SMILES string of the molecule is COc1cc(NC(=O)N2CCC(N3CCC(Oc4nccs4)CC3)CC2)cc(OC)c1OC. The lowest BCUT2D eigenvalue weighted by Crippen LogP contribution is -2.50. The molecule has 3 heterocycles. The molecule has 180 valence electrons. The second kappa shape index (κ2) is 10.9. The van der Waals surface area contributed by atoms with Gasteiger partial charge in [0.2, 0.25) is 5.75 Å². The van der Waals surface area contributed by atoms with Crippen LogP contribution in [0.4, 0.5) is 10.5 Å². The molecule has 33 heavy (non-hydrogen) atoms. The first kappa shape index (κ1) is 23.4. The molecule has 10 heteroatoms. The fourth-order valence-corrected chi connectivity index (χ4v) is 5.11. The number of ether oxygens (including phenoxy) is 4. The highest BCUT2D eigenvalue weighted by Crippen LogP contribution is 2.40. The van der Waals surface area contributed by atoms with E-state index in [4.69, 9.17) is 18.9 Å². The molecule has 2 aliphatic heterocycles. The predicted molar refractivity (Wildman–Crippen MR) is 127 cm³/mol. The number of hydrogen-bond acceptors (Lipinski definition) is 8. The molecule has 1 aromatic carbocycles. The van der Waals surface area contributed by atoms with E-state index in [1.165, 1.54) is 0 Å². The first-order chi connectivity index (χ1) is 16.1. The number of hydrogen-bond donors (Lipinski definition) is 1. The molecule has 4 rings (SSSR count). The van der Waals surface area contributed by atoms with Crippen LogP contribution in [0.1, 0.15) is 25.7 Å². The zero-order valence-corrected chi connectivity index (χ0v) is 20.2. The number of anilines is 1. The number of rotatable bonds is 7. The standard InChI is InChI=1S/C23H32N4O5S/c1-29-19-14-16(15-20(30-2)21(19)31-3)25-22(28)27-9-4-17(5-10-27)26-11-6-18(7-12-26)32-23-24-8-13-33-23/h8,13-15,17-18H,4-7,9-12H2,1-3H3,(H,25,28). The van der Waals surface area contributed by atoms with Crippen molar-refractivity contribution in [1.82, 2.24) is 14.8 Å². The van der Waals surface area contributed by atoms with Gasteiger partial charge >= 0.3 is 6.03 Å². The first-order valence-electron chi connectivity index (χ1n) is 11.3. The van der Waals surface area contributed by atoms with E-state index >= 15 is 0 Å². The summed E-state index contributed by atoms with van der Waals surface area (Å²) in [6, 6.07) is 3.88. The van der Waals surface area contributed by atoms with E-state index in [0.29, 0.717) is 29.0 Å². The zero-order chi connectivity index (χ0) is 23.2. The summed E-state index contributed by atoms with van der Waals surface area (Å²) in [5.74, 6) is 1.51. The summed E-state index contributed by atoms with van der Waals surface area (Å²) in [7, 11) is 4.67. The highest BCUT2D eigenvalue weighted by molar-refractivity contribution is 7.11. The Morgan fingerprint density at radius 1 is 1.00 bits per heavy atom. The molecule has 0 aliphatic carbocycles. The van der Waals surface area contributed by atoms with Crippen LogP contribution in [0.2, 0.25) is 0 Å². The van der Waals surface area contributed by atoms with E-state index in [2.05, 4.69) is 15.2 Å². The Morgan fingerprint density at radius 2 is 1.67 bits per heavy atom. The second-order valence-electron chi connectivity index (χ2n) is 8.21. The van der Waals surface area contributed by atoms with E-state index in [9.17, 15) is 4.79 Å². The molecule has 2 saturated heterocycles. The van der Waals surface area contributed by atoms with Gasteiger partial charge in [0, 0.05) is 55.9 Å². The number of likely N-dealkylation sites (tertiary alicyclic amines) is 2. The van der Waals surface area contributed by atoms with Crippen molar-refractivity contribution in [1.29, 1.82) is 0 Å². The predicted octanol–water partition coefficient (Wildman–Crippen LogP) is 3.71. The highest BCUT2D eigenvalue weighted by Gasteiger charge is 2.30. The number of carbonyl (C=O) groups is 1. The third kappa shape index (κ3) is 5.62. The first-order valence-corrected chi connectivity index (χ1v) is 12.2. The van der Waals surface area contributed by atoms with Gasteiger partial charge in [-0.15, -0.1) is 0 Å². The van der Waals surface area contributed by atoms with Crippen molar-refractivity contribution in [2.75, 3.05) is 52.8 Å². The van der Waals surface area contributed by atoms with E-state index < -0.39 is 0 Å². The average molecular weight is 477 g/mol. The smallest absolute Gasteiger partial charge is 0.321 e. The Hall–Kier alpha value is -2.72. The average Bonchev–Trinajstić information content (AvgIpc) is 3.37. The summed E-state index contributed by atoms with van der Waals surface area (Å²) in [4.78, 5) is 21.5. The van der Waals surface area contributed by atoms with Gasteiger partial charge in [-0.05, 0) is 25.7 Å². The molecular weight excluding hydrogens is 444 g/mol. The minimum absolute atomic E-state index is 0.113. The topological polar surface area (TPSA) is 85.4 Å². The summed E-state index contributed by atoms with van der Waals surface area (Å²) in [6.45, 7) is 3.52. The van der Waals surface area contributed by atoms with E-state index in [1.807, 2.05) is 10.3 Å².